The zero-order chi connectivity index (χ0) is 60.9. The van der Waals surface area contributed by atoms with Gasteiger partial charge in [0.15, 0.2) is 11.5 Å². The lowest BCUT2D eigenvalue weighted by atomic mass is 9.93. The van der Waals surface area contributed by atoms with Gasteiger partial charge in [-0.3, -0.25) is 37.5 Å². The van der Waals surface area contributed by atoms with Crippen LogP contribution < -0.4 is 14.9 Å². The quantitative estimate of drug-likeness (QED) is 0.0311. The fourth-order valence-corrected chi connectivity index (χ4v) is 9.41. The molecule has 5 aromatic rings. The highest BCUT2D eigenvalue weighted by Crippen LogP contribution is 2.68. The van der Waals surface area contributed by atoms with Crippen molar-refractivity contribution in [2.24, 2.45) is 5.92 Å². The van der Waals surface area contributed by atoms with Crippen molar-refractivity contribution in [1.29, 1.82) is 0 Å². The number of alkyl carbamates (subject to hydrolysis) is 1. The Kier molecular flexibility index (Phi) is 21.7. The number of nitrogens with zero attached hydrogens (tertiary/aromatic N) is 6. The van der Waals surface area contributed by atoms with E-state index >= 15 is 8.78 Å². The van der Waals surface area contributed by atoms with Crippen molar-refractivity contribution >= 4 is 82.6 Å². The molecule has 33 heteroatoms. The highest BCUT2D eigenvalue weighted by molar-refractivity contribution is 7.86. The van der Waals surface area contributed by atoms with E-state index in [9.17, 15) is 62.7 Å². The van der Waals surface area contributed by atoms with Crippen molar-refractivity contribution in [3.8, 4) is 11.1 Å². The second-order valence-corrected chi connectivity index (χ2v) is 23.5. The number of nitrogens with one attached hydrogen (secondary N) is 2. The highest BCUT2D eigenvalue weighted by atomic mass is 35.5. The molecule has 3 aromatic heterocycles. The average Bonchev–Trinajstić information content (AvgIpc) is 3.86. The van der Waals surface area contributed by atoms with Crippen molar-refractivity contribution in [1.82, 2.24) is 35.2 Å². The summed E-state index contributed by atoms with van der Waals surface area (Å²) in [6, 6.07) is 6.40. The van der Waals surface area contributed by atoms with E-state index in [1.807, 2.05) is 20.8 Å². The number of hydrogen-bond acceptors (Lipinski definition) is 13. The van der Waals surface area contributed by atoms with E-state index in [4.69, 9.17) is 26.5 Å². The second kappa shape index (κ2) is 26.6. The molecule has 3 amide bonds. The molecule has 2 aliphatic rings. The topological polar surface area (TPSA) is 257 Å². The van der Waals surface area contributed by atoms with Crippen molar-refractivity contribution in [2.75, 3.05) is 30.2 Å². The van der Waals surface area contributed by atoms with Gasteiger partial charge >= 0.3 is 33.0 Å². The first kappa shape index (κ1) is 66.0. The van der Waals surface area contributed by atoms with Gasteiger partial charge in [-0.2, -0.15) is 45.3 Å². The molecule has 0 aliphatic heterocycles. The van der Waals surface area contributed by atoms with E-state index in [0.717, 1.165) is 18.4 Å². The minimum Gasteiger partial charge on any atom is -0.481 e. The number of aromatic nitrogens is 5. The number of rotatable bonds is 18. The van der Waals surface area contributed by atoms with Gasteiger partial charge in [-0.15, -0.1) is 0 Å². The van der Waals surface area contributed by atoms with Crippen LogP contribution >= 0.6 is 20.2 Å². The average molecular weight is 1240 g/mol. The van der Waals surface area contributed by atoms with E-state index < -0.39 is 151 Å². The summed E-state index contributed by atoms with van der Waals surface area (Å²) in [6.07, 6.45) is -8.99. The molecular formula is C48H54ClF10N8O11PS2. The number of aryl methyl sites for hydroxylation is 1. The van der Waals surface area contributed by atoms with Crippen LogP contribution in [0.1, 0.15) is 99.7 Å². The minimum atomic E-state index is -5.13. The fourth-order valence-electron chi connectivity index (χ4n) is 8.24. The first-order valence-corrected chi connectivity index (χ1v) is 28.6. The van der Waals surface area contributed by atoms with Gasteiger partial charge in [0.2, 0.25) is 18.6 Å². The Morgan fingerprint density at radius 1 is 0.951 bits per heavy atom. The summed E-state index contributed by atoms with van der Waals surface area (Å²) in [5.41, 5.74) is -3.57. The number of carboxylic acids is 1. The molecule has 2 aliphatic carbocycles. The third-order valence-corrected chi connectivity index (χ3v) is 15.4. The van der Waals surface area contributed by atoms with Gasteiger partial charge in [0.05, 0.1) is 34.1 Å². The van der Waals surface area contributed by atoms with Crippen LogP contribution in [0.4, 0.5) is 54.5 Å². The molecular weight excluding hydrogens is 1190 g/mol. The maximum atomic E-state index is 15.4. The Morgan fingerprint density at radius 3 is 2.10 bits per heavy atom. The summed E-state index contributed by atoms with van der Waals surface area (Å²) in [4.78, 5) is 68.6. The third kappa shape index (κ3) is 16.9. The van der Waals surface area contributed by atoms with Crippen LogP contribution in [0.3, 0.4) is 0 Å². The van der Waals surface area contributed by atoms with Crippen LogP contribution in [0.5, 0.6) is 0 Å². The predicted octanol–water partition coefficient (Wildman–Crippen LogP) is 9.25. The number of hydrogen-bond donors (Lipinski definition) is 5. The zero-order valence-electron chi connectivity index (χ0n) is 43.8. The van der Waals surface area contributed by atoms with Crippen LogP contribution in [0.15, 0.2) is 42.5 Å². The number of ether oxygens (including phenoxy) is 1. The molecule has 5 N–H and O–H groups in total. The molecule has 2 aromatic carbocycles. The first-order valence-electron chi connectivity index (χ1n) is 24.0. The van der Waals surface area contributed by atoms with Gasteiger partial charge in [0.25, 0.3) is 5.92 Å². The molecule has 446 valence electrons. The number of benzene rings is 2. The van der Waals surface area contributed by atoms with E-state index in [0.29, 0.717) is 20.7 Å². The Labute approximate surface area is 466 Å². The first-order chi connectivity index (χ1) is 37.5. The predicted molar refractivity (Wildman–Crippen MR) is 276 cm³/mol. The largest absolute Gasteiger partial charge is 0.481 e. The van der Waals surface area contributed by atoms with E-state index in [1.165, 1.54) is 31.2 Å². The zero-order valence-corrected chi connectivity index (χ0v) is 47.1. The lowest BCUT2D eigenvalue weighted by molar-refractivity contribution is -0.143. The summed E-state index contributed by atoms with van der Waals surface area (Å²) < 4.78 is 178. The summed E-state index contributed by atoms with van der Waals surface area (Å²) >= 11 is 6.59. The number of amides is 3. The van der Waals surface area contributed by atoms with Crippen LogP contribution in [0, 0.1) is 17.6 Å². The second-order valence-electron chi connectivity index (χ2n) is 19.0. The normalized spacial score (nSPS) is 16.5. The molecule has 3 heterocycles. The summed E-state index contributed by atoms with van der Waals surface area (Å²) in [5.74, 6) is -11.7. The van der Waals surface area contributed by atoms with E-state index in [1.54, 1.807) is 13.2 Å². The number of carbonyl (C=O) groups excluding carboxylic acids is 3. The molecule has 19 nitrogen and oxygen atoms in total. The molecule has 3 unspecified atom stereocenters. The van der Waals surface area contributed by atoms with Gasteiger partial charge < -0.3 is 30.3 Å². The standard InChI is InChI=1S/C38H32ClF10N7O3S.C5H10NO7P.C5H12OS/c1-4-20-6-7-21(22-8-9-25(39)30-32(22)55(16-36(42,43)44)53-35(30)56(60(3)59)28(58)5-2)31(50-20)26(12-17-10-18(40)13-19(41)11-17)51-27(57)15-54-34-29(33(52-54)38(47,48)49)23-14-24(23)37(34,45)46;7-4(8)1-2-6-5(9)12-3-13-14(10)11;1-5(2,3)7(4)6/h6-11,13,23-24,26H,4-5,12,14-16H2,1-3H3,(H,51,57);10-11H,1-3H2,(H,6,9)(H,7,8);1-4H3/t23-,24+,26?,60?;;/m0../s1. The van der Waals surface area contributed by atoms with Gasteiger partial charge in [0, 0.05) is 75.4 Å². The molecule has 7 rings (SSSR count). The number of carboxylic acid groups (broad SMARTS) is 1. The van der Waals surface area contributed by atoms with Gasteiger partial charge in [-0.1, -0.05) is 37.6 Å². The summed E-state index contributed by atoms with van der Waals surface area (Å²) in [5, 5.41) is 19.9. The van der Waals surface area contributed by atoms with Crippen molar-refractivity contribution in [3.63, 3.8) is 0 Å². The lowest BCUT2D eigenvalue weighted by Gasteiger charge is -2.24. The molecule has 0 spiro atoms. The molecule has 5 atom stereocenters. The highest BCUT2D eigenvalue weighted by Gasteiger charge is 2.68. The maximum absolute atomic E-state index is 15.4. The summed E-state index contributed by atoms with van der Waals surface area (Å²) in [7, 11) is -5.39. The molecule has 0 saturated heterocycles. The Bertz CT molecular complexity index is 3180. The monoisotopic (exact) mass is 1240 g/mol. The van der Waals surface area contributed by atoms with Crippen LogP contribution in [-0.4, -0.2) is 109 Å². The Hall–Kier alpha value is -5.85. The lowest BCUT2D eigenvalue weighted by Crippen LogP contribution is -2.35. The smallest absolute Gasteiger partial charge is 0.435 e. The number of anilines is 1. The molecule has 0 bridgehead atoms. The molecule has 0 radical (unpaired) electrons. The number of alkyl halides is 8. The van der Waals surface area contributed by atoms with Crippen molar-refractivity contribution < 1.29 is 95.7 Å². The third-order valence-electron chi connectivity index (χ3n) is 12.1. The fraction of sp³-hybridized carbons (Fsp3) is 0.479. The van der Waals surface area contributed by atoms with E-state index in [2.05, 4.69) is 35.1 Å². The Morgan fingerprint density at radius 2 is 1.57 bits per heavy atom. The molecule has 1 fully saturated rings. The number of pyridine rings is 1. The minimum absolute atomic E-state index is 0.0112. The van der Waals surface area contributed by atoms with Gasteiger partial charge in [0.1, 0.15) is 41.4 Å². The van der Waals surface area contributed by atoms with Gasteiger partial charge in [-0.25, -0.2) is 22.1 Å². The molecule has 1 saturated carbocycles. The maximum Gasteiger partial charge on any atom is 0.435 e. The van der Waals surface area contributed by atoms with Crippen LogP contribution in [-0.2, 0) is 83.5 Å². The van der Waals surface area contributed by atoms with Crippen LogP contribution in [0.2, 0.25) is 5.02 Å². The van der Waals surface area contributed by atoms with Crippen LogP contribution in [0.25, 0.3) is 22.0 Å². The van der Waals surface area contributed by atoms with E-state index in [-0.39, 0.29) is 80.0 Å². The molecule has 81 heavy (non-hydrogen) atoms. The Balaban J connectivity index is 0.000000484. The number of carbonyl (C=O) groups is 4. The van der Waals surface area contributed by atoms with Crippen molar-refractivity contribution in [3.05, 3.63) is 93.0 Å². The SMILES string of the molecule is CCC(=O)N(c1nn(CC(F)(F)F)c2c(-c3ccc(CC)nc3C(Cc3cc(F)cc(F)c3)NC(=O)Cn3nc(C(F)(F)F)c4c3C(F)(F)[C@@H]3C[C@H]43)ccc(Cl)c12)S(C)=O.CS(=O)C(C)(C)C.O=C(O)CCNC(=O)OCOP(O)O. The van der Waals surface area contributed by atoms with Crippen molar-refractivity contribution in [2.45, 2.75) is 115 Å². The number of halogens is 11. The summed E-state index contributed by atoms with van der Waals surface area (Å²) in [6.45, 7) is 5.44. The van der Waals surface area contributed by atoms with Gasteiger partial charge in [-0.05, 0) is 75.8 Å². The number of fused-ring (bicyclic) bond motifs is 4. The number of aliphatic carboxylic acids is 1.